The molecule has 0 saturated carbocycles. The molecule has 1 amide bonds. The van der Waals surface area contributed by atoms with Crippen molar-refractivity contribution in [2.75, 3.05) is 20.1 Å². The molecular weight excluding hydrogens is 335 g/mol. The Balaban J connectivity index is 1.52. The van der Waals surface area contributed by atoms with Crippen LogP contribution in [-0.2, 0) is 13.0 Å². The Hall–Kier alpha value is -2.83. The second-order valence-corrected chi connectivity index (χ2v) is 6.46. The lowest BCUT2D eigenvalue weighted by Gasteiger charge is -2.21. The van der Waals surface area contributed by atoms with Gasteiger partial charge in [0, 0.05) is 20.1 Å². The number of guanidine groups is 1. The molecule has 2 heterocycles. The third-order valence-corrected chi connectivity index (χ3v) is 4.56. The number of hydrogen-bond donors (Lipinski definition) is 2. The molecule has 6 nitrogen and oxygen atoms in total. The van der Waals surface area contributed by atoms with Crippen molar-refractivity contribution in [2.24, 2.45) is 16.6 Å². The fourth-order valence-electron chi connectivity index (χ4n) is 3.25. The molecule has 1 aliphatic heterocycles. The van der Waals surface area contributed by atoms with Crippen LogP contribution in [0.25, 0.3) is 0 Å². The summed E-state index contributed by atoms with van der Waals surface area (Å²) in [6.07, 6.45) is 1.98. The number of benzene rings is 1. The van der Waals surface area contributed by atoms with E-state index >= 15 is 0 Å². The maximum absolute atomic E-state index is 13.0. The number of hydrogen-bond acceptors (Lipinski definition) is 3. The number of rotatable bonds is 5. The molecule has 1 fully saturated rings. The third-order valence-electron chi connectivity index (χ3n) is 4.56. The van der Waals surface area contributed by atoms with Crippen molar-refractivity contribution in [3.05, 3.63) is 59.3 Å². The molecule has 3 N–H and O–H groups in total. The van der Waals surface area contributed by atoms with Gasteiger partial charge in [0.2, 0.25) is 0 Å². The van der Waals surface area contributed by atoms with Crippen molar-refractivity contribution in [3.8, 4) is 0 Å². The first-order chi connectivity index (χ1) is 12.5. The number of nitrogens with two attached hydrogens (primary N) is 1. The lowest BCUT2D eigenvalue weighted by atomic mass is 9.99. The van der Waals surface area contributed by atoms with Crippen LogP contribution < -0.4 is 11.1 Å². The minimum atomic E-state index is -0.580. The number of likely N-dealkylation sites (tertiary alicyclic amines) is 1. The van der Waals surface area contributed by atoms with E-state index in [0.717, 1.165) is 37.5 Å². The van der Waals surface area contributed by atoms with Crippen LogP contribution >= 0.6 is 0 Å². The van der Waals surface area contributed by atoms with Crippen molar-refractivity contribution < 1.29 is 13.6 Å². The molecule has 26 heavy (non-hydrogen) atoms. The van der Waals surface area contributed by atoms with Gasteiger partial charge < -0.3 is 20.4 Å². The number of primary amides is 1. The summed E-state index contributed by atoms with van der Waals surface area (Å²) in [5, 5.41) is 3.25. The Morgan fingerprint density at radius 1 is 1.35 bits per heavy atom. The highest BCUT2D eigenvalue weighted by atomic mass is 19.1. The van der Waals surface area contributed by atoms with Crippen molar-refractivity contribution in [3.63, 3.8) is 0 Å². The zero-order valence-electron chi connectivity index (χ0n) is 14.7. The molecule has 138 valence electrons. The average molecular weight is 358 g/mol. The molecule has 1 aromatic heterocycles. The number of nitrogens with zero attached hydrogens (tertiary/aromatic N) is 2. The first-order valence-electron chi connectivity index (χ1n) is 8.63. The monoisotopic (exact) mass is 358 g/mol. The van der Waals surface area contributed by atoms with Gasteiger partial charge in [0.25, 0.3) is 5.91 Å². The van der Waals surface area contributed by atoms with E-state index in [-0.39, 0.29) is 11.6 Å². The van der Waals surface area contributed by atoms with E-state index in [1.807, 2.05) is 12.1 Å². The minimum Gasteiger partial charge on any atom is -0.454 e. The Morgan fingerprint density at radius 2 is 2.12 bits per heavy atom. The molecule has 1 unspecified atom stereocenters. The van der Waals surface area contributed by atoms with Gasteiger partial charge in [0.1, 0.15) is 11.6 Å². The van der Waals surface area contributed by atoms with E-state index in [0.29, 0.717) is 18.2 Å². The van der Waals surface area contributed by atoms with Crippen molar-refractivity contribution in [1.82, 2.24) is 10.2 Å². The standard InChI is InChI=1S/C19H23FN4O2/c1-22-19(23-11-16-6-7-17(26-16)18(21)25)24-9-8-14(12-24)10-13-2-4-15(20)5-3-13/h2-7,14H,8-12H2,1H3,(H2,21,25)(H,22,23). The fourth-order valence-corrected chi connectivity index (χ4v) is 3.25. The number of furan rings is 1. The zero-order chi connectivity index (χ0) is 18.5. The van der Waals surface area contributed by atoms with Gasteiger partial charge in [-0.05, 0) is 48.6 Å². The molecule has 1 aromatic carbocycles. The molecule has 1 atom stereocenters. The summed E-state index contributed by atoms with van der Waals surface area (Å²) < 4.78 is 18.4. The van der Waals surface area contributed by atoms with Crippen LogP contribution in [0.3, 0.4) is 0 Å². The Morgan fingerprint density at radius 3 is 2.77 bits per heavy atom. The first kappa shape index (κ1) is 18.0. The molecule has 0 bridgehead atoms. The molecule has 1 aliphatic rings. The summed E-state index contributed by atoms with van der Waals surface area (Å²) >= 11 is 0. The van der Waals surface area contributed by atoms with Crippen LogP contribution in [0, 0.1) is 11.7 Å². The van der Waals surface area contributed by atoms with Gasteiger partial charge in [-0.15, -0.1) is 0 Å². The van der Waals surface area contributed by atoms with Crippen molar-refractivity contribution >= 4 is 11.9 Å². The van der Waals surface area contributed by atoms with E-state index in [1.54, 1.807) is 19.2 Å². The number of halogens is 1. The summed E-state index contributed by atoms with van der Waals surface area (Å²) in [6.45, 7) is 2.23. The lowest BCUT2D eigenvalue weighted by Crippen LogP contribution is -2.39. The third kappa shape index (κ3) is 4.41. The highest BCUT2D eigenvalue weighted by molar-refractivity contribution is 5.89. The summed E-state index contributed by atoms with van der Waals surface area (Å²) in [5.41, 5.74) is 6.34. The first-order valence-corrected chi connectivity index (χ1v) is 8.63. The molecule has 0 spiro atoms. The molecule has 7 heteroatoms. The maximum atomic E-state index is 13.0. The van der Waals surface area contributed by atoms with E-state index in [2.05, 4.69) is 15.2 Å². The molecule has 0 radical (unpaired) electrons. The quantitative estimate of drug-likeness (QED) is 0.634. The number of aliphatic imine (C=N–C) groups is 1. The summed E-state index contributed by atoms with van der Waals surface area (Å²) in [5.74, 6) is 1.29. The van der Waals surface area contributed by atoms with Gasteiger partial charge in [0.05, 0.1) is 6.54 Å². The molecule has 0 aliphatic carbocycles. The Bertz CT molecular complexity index is 785. The fraction of sp³-hybridized carbons (Fsp3) is 0.368. The minimum absolute atomic E-state index is 0.150. The van der Waals surface area contributed by atoms with E-state index < -0.39 is 5.91 Å². The van der Waals surface area contributed by atoms with Gasteiger partial charge in [0.15, 0.2) is 11.7 Å². The molecular formula is C19H23FN4O2. The van der Waals surface area contributed by atoms with Crippen LogP contribution in [0.5, 0.6) is 0 Å². The maximum Gasteiger partial charge on any atom is 0.284 e. The average Bonchev–Trinajstić information content (AvgIpc) is 3.27. The number of carbonyl (C=O) groups excluding carboxylic acids is 1. The van der Waals surface area contributed by atoms with Crippen molar-refractivity contribution in [1.29, 1.82) is 0 Å². The van der Waals surface area contributed by atoms with E-state index in [4.69, 9.17) is 10.2 Å². The zero-order valence-corrected chi connectivity index (χ0v) is 14.7. The second-order valence-electron chi connectivity index (χ2n) is 6.46. The van der Waals surface area contributed by atoms with Gasteiger partial charge in [-0.3, -0.25) is 9.79 Å². The smallest absolute Gasteiger partial charge is 0.284 e. The van der Waals surface area contributed by atoms with Gasteiger partial charge in [-0.25, -0.2) is 4.39 Å². The van der Waals surface area contributed by atoms with E-state index in [9.17, 15) is 9.18 Å². The number of carbonyl (C=O) groups is 1. The van der Waals surface area contributed by atoms with Crippen LogP contribution in [0.15, 0.2) is 45.8 Å². The molecule has 2 aromatic rings. The second kappa shape index (κ2) is 8.03. The van der Waals surface area contributed by atoms with E-state index in [1.165, 1.54) is 12.1 Å². The van der Waals surface area contributed by atoms with Crippen molar-refractivity contribution in [2.45, 2.75) is 19.4 Å². The highest BCUT2D eigenvalue weighted by Gasteiger charge is 2.25. The summed E-state index contributed by atoms with van der Waals surface area (Å²) in [4.78, 5) is 17.6. The largest absolute Gasteiger partial charge is 0.454 e. The highest BCUT2D eigenvalue weighted by Crippen LogP contribution is 2.21. The molecule has 1 saturated heterocycles. The number of nitrogens with one attached hydrogen (secondary N) is 1. The SMILES string of the molecule is CN=C(NCc1ccc(C(N)=O)o1)N1CCC(Cc2ccc(F)cc2)C1. The van der Waals surface area contributed by atoms with Gasteiger partial charge >= 0.3 is 0 Å². The predicted molar refractivity (Wildman–Crippen MR) is 97.2 cm³/mol. The van der Waals surface area contributed by atoms with Crippen LogP contribution in [-0.4, -0.2) is 36.9 Å². The van der Waals surface area contributed by atoms with Crippen LogP contribution in [0.4, 0.5) is 4.39 Å². The predicted octanol–water partition coefficient (Wildman–Crippen LogP) is 2.16. The Kier molecular flexibility index (Phi) is 5.55. The van der Waals surface area contributed by atoms with Crippen LogP contribution in [0.2, 0.25) is 0 Å². The number of amides is 1. The Labute approximate surface area is 151 Å². The molecule has 3 rings (SSSR count). The van der Waals surface area contributed by atoms with Crippen LogP contribution in [0.1, 0.15) is 28.3 Å². The van der Waals surface area contributed by atoms with Gasteiger partial charge in [-0.2, -0.15) is 0 Å². The topological polar surface area (TPSA) is 83.9 Å². The summed E-state index contributed by atoms with van der Waals surface area (Å²) in [7, 11) is 1.74. The summed E-state index contributed by atoms with van der Waals surface area (Å²) in [6, 6.07) is 9.99. The lowest BCUT2D eigenvalue weighted by molar-refractivity contribution is 0.0972. The normalized spacial score (nSPS) is 17.5. The van der Waals surface area contributed by atoms with Gasteiger partial charge in [-0.1, -0.05) is 12.1 Å².